The van der Waals surface area contributed by atoms with Crippen molar-refractivity contribution in [3.8, 4) is 0 Å². The molecular weight excluding hydrogens is 299 g/mol. The van der Waals surface area contributed by atoms with E-state index in [-0.39, 0.29) is 22.4 Å². The molecule has 0 spiro atoms. The van der Waals surface area contributed by atoms with E-state index in [1.807, 2.05) is 6.92 Å². The molecule has 1 N–H and O–H groups in total. The normalized spacial score (nSPS) is 12.9. The van der Waals surface area contributed by atoms with Crippen LogP contribution in [-0.2, 0) is 10.0 Å². The van der Waals surface area contributed by atoms with Gasteiger partial charge in [-0.05, 0) is 20.3 Å². The Morgan fingerprint density at radius 2 is 1.89 bits per heavy atom. The summed E-state index contributed by atoms with van der Waals surface area (Å²) in [4.78, 5) is 0.0514. The molecule has 0 amide bonds. The van der Waals surface area contributed by atoms with Gasteiger partial charge in [-0.3, -0.25) is 0 Å². The minimum Gasteiger partial charge on any atom is -0.360 e. The SMILES string of the molecule is CCC(CCl)(CCl)NS(=O)(=O)c1c(C)noc1C. The molecule has 0 radical (unpaired) electrons. The van der Waals surface area contributed by atoms with Gasteiger partial charge >= 0.3 is 0 Å². The third-order valence-corrected chi connectivity index (χ3v) is 5.62. The fraction of sp³-hybridized carbons (Fsp3) is 0.700. The highest BCUT2D eigenvalue weighted by Crippen LogP contribution is 2.23. The first-order valence-corrected chi connectivity index (χ1v) is 7.96. The molecule has 0 saturated heterocycles. The largest absolute Gasteiger partial charge is 0.360 e. The Morgan fingerprint density at radius 3 is 2.22 bits per heavy atom. The smallest absolute Gasteiger partial charge is 0.246 e. The van der Waals surface area contributed by atoms with E-state index in [0.29, 0.717) is 12.1 Å². The van der Waals surface area contributed by atoms with E-state index in [9.17, 15) is 8.42 Å². The summed E-state index contributed by atoms with van der Waals surface area (Å²) in [6.45, 7) is 4.93. The van der Waals surface area contributed by atoms with Gasteiger partial charge in [0.05, 0.1) is 5.54 Å². The molecule has 0 aromatic carbocycles. The first-order valence-electron chi connectivity index (χ1n) is 5.40. The van der Waals surface area contributed by atoms with Crippen molar-refractivity contribution in [2.75, 3.05) is 11.8 Å². The van der Waals surface area contributed by atoms with Crippen molar-refractivity contribution in [1.82, 2.24) is 9.88 Å². The summed E-state index contributed by atoms with van der Waals surface area (Å²) in [5.41, 5.74) is -0.549. The molecule has 0 unspecified atom stereocenters. The number of halogens is 2. The van der Waals surface area contributed by atoms with Gasteiger partial charge in [-0.15, -0.1) is 23.2 Å². The maximum absolute atomic E-state index is 12.3. The Morgan fingerprint density at radius 1 is 1.33 bits per heavy atom. The van der Waals surface area contributed by atoms with E-state index in [1.54, 1.807) is 13.8 Å². The second-order valence-corrected chi connectivity index (χ2v) is 6.31. The van der Waals surface area contributed by atoms with Crippen molar-refractivity contribution >= 4 is 33.2 Å². The summed E-state index contributed by atoms with van der Waals surface area (Å²) >= 11 is 11.6. The predicted molar refractivity (Wildman–Crippen MR) is 70.8 cm³/mol. The van der Waals surface area contributed by atoms with E-state index in [4.69, 9.17) is 27.7 Å². The molecule has 0 aliphatic heterocycles. The van der Waals surface area contributed by atoms with E-state index in [1.165, 1.54) is 0 Å². The average Bonchev–Trinajstić information content (AvgIpc) is 2.67. The van der Waals surface area contributed by atoms with Gasteiger partial charge in [-0.1, -0.05) is 12.1 Å². The van der Waals surface area contributed by atoms with E-state index >= 15 is 0 Å². The van der Waals surface area contributed by atoms with Crippen LogP contribution in [0.5, 0.6) is 0 Å². The highest BCUT2D eigenvalue weighted by Gasteiger charge is 2.35. The Labute approximate surface area is 117 Å². The highest BCUT2D eigenvalue weighted by molar-refractivity contribution is 7.89. The van der Waals surface area contributed by atoms with Crippen LogP contribution in [0, 0.1) is 13.8 Å². The van der Waals surface area contributed by atoms with Gasteiger partial charge in [0, 0.05) is 11.8 Å². The maximum atomic E-state index is 12.3. The molecule has 1 aromatic heterocycles. The summed E-state index contributed by atoms with van der Waals surface area (Å²) in [6.07, 6.45) is 0.489. The van der Waals surface area contributed by atoms with E-state index in [2.05, 4.69) is 9.88 Å². The number of aromatic nitrogens is 1. The molecule has 1 heterocycles. The fourth-order valence-electron chi connectivity index (χ4n) is 1.55. The third-order valence-electron chi connectivity index (χ3n) is 2.78. The van der Waals surface area contributed by atoms with Crippen molar-refractivity contribution in [1.29, 1.82) is 0 Å². The van der Waals surface area contributed by atoms with Crippen LogP contribution in [0.3, 0.4) is 0 Å². The Balaban J connectivity index is 3.17. The molecule has 0 saturated carbocycles. The Bertz CT molecular complexity index is 481. The monoisotopic (exact) mass is 314 g/mol. The molecule has 104 valence electrons. The number of nitrogens with one attached hydrogen (secondary N) is 1. The first kappa shape index (κ1) is 15.8. The van der Waals surface area contributed by atoms with Crippen LogP contribution < -0.4 is 4.72 Å². The third kappa shape index (κ3) is 2.99. The zero-order valence-electron chi connectivity index (χ0n) is 10.5. The first-order chi connectivity index (χ1) is 8.32. The Kier molecular flexibility index (Phi) is 5.05. The second-order valence-electron chi connectivity index (χ2n) is 4.16. The summed E-state index contributed by atoms with van der Waals surface area (Å²) < 4.78 is 32.0. The topological polar surface area (TPSA) is 72.2 Å². The zero-order chi connectivity index (χ0) is 14.0. The van der Waals surface area contributed by atoms with Crippen LogP contribution in [0.15, 0.2) is 9.42 Å². The van der Waals surface area contributed by atoms with Crippen LogP contribution >= 0.6 is 23.2 Å². The summed E-state index contributed by atoms with van der Waals surface area (Å²) in [5.74, 6) is 0.430. The lowest BCUT2D eigenvalue weighted by atomic mass is 10.0. The molecule has 0 aliphatic rings. The van der Waals surface area contributed by atoms with Gasteiger partial charge in [-0.25, -0.2) is 13.1 Å². The summed E-state index contributed by atoms with van der Waals surface area (Å²) in [7, 11) is -3.75. The summed E-state index contributed by atoms with van der Waals surface area (Å²) in [5, 5.41) is 3.63. The molecule has 8 heteroatoms. The molecule has 1 aromatic rings. The fourth-order valence-corrected chi connectivity index (χ4v) is 4.30. The summed E-state index contributed by atoms with van der Waals surface area (Å²) in [6, 6.07) is 0. The molecule has 5 nitrogen and oxygen atoms in total. The van der Waals surface area contributed by atoms with Crippen molar-refractivity contribution in [3.63, 3.8) is 0 Å². The quantitative estimate of drug-likeness (QED) is 0.817. The highest BCUT2D eigenvalue weighted by atomic mass is 35.5. The number of aryl methyl sites for hydroxylation is 2. The molecule has 0 fully saturated rings. The van der Waals surface area contributed by atoms with Crippen molar-refractivity contribution in [2.24, 2.45) is 0 Å². The number of alkyl halides is 2. The lowest BCUT2D eigenvalue weighted by molar-refractivity contribution is 0.390. The number of nitrogens with zero attached hydrogens (tertiary/aromatic N) is 1. The van der Waals surface area contributed by atoms with Gasteiger partial charge < -0.3 is 4.52 Å². The predicted octanol–water partition coefficient (Wildman–Crippen LogP) is 2.20. The van der Waals surface area contributed by atoms with Crippen LogP contribution in [0.1, 0.15) is 24.8 Å². The minimum atomic E-state index is -3.75. The Hall–Kier alpha value is -0.300. The number of rotatable bonds is 6. The molecule has 0 atom stereocenters. The average molecular weight is 315 g/mol. The molecule has 0 bridgehead atoms. The van der Waals surface area contributed by atoms with Gasteiger partial charge in [0.2, 0.25) is 10.0 Å². The molecule has 1 rings (SSSR count). The van der Waals surface area contributed by atoms with Crippen LogP contribution in [0.25, 0.3) is 0 Å². The lowest BCUT2D eigenvalue weighted by Gasteiger charge is -2.28. The minimum absolute atomic E-state index is 0.0514. The molecule has 18 heavy (non-hydrogen) atoms. The van der Waals surface area contributed by atoms with Gasteiger partial charge in [0.15, 0.2) is 5.76 Å². The lowest BCUT2D eigenvalue weighted by Crippen LogP contribution is -2.51. The van der Waals surface area contributed by atoms with Gasteiger partial charge in [0.1, 0.15) is 10.6 Å². The maximum Gasteiger partial charge on any atom is 0.246 e. The van der Waals surface area contributed by atoms with E-state index < -0.39 is 15.6 Å². The van der Waals surface area contributed by atoms with E-state index in [0.717, 1.165) is 0 Å². The standard InChI is InChI=1S/C10H16Cl2N2O3S/c1-4-10(5-11,6-12)14-18(15,16)9-7(2)13-17-8(9)3/h14H,4-6H2,1-3H3. The zero-order valence-corrected chi connectivity index (χ0v) is 12.8. The van der Waals surface area contributed by atoms with Gasteiger partial charge in [-0.2, -0.15) is 0 Å². The van der Waals surface area contributed by atoms with Crippen LogP contribution in [0.4, 0.5) is 0 Å². The van der Waals surface area contributed by atoms with Crippen molar-refractivity contribution in [3.05, 3.63) is 11.5 Å². The van der Waals surface area contributed by atoms with Crippen LogP contribution in [0.2, 0.25) is 0 Å². The number of hydrogen-bond donors (Lipinski definition) is 1. The second kappa shape index (κ2) is 5.77. The molecular formula is C10H16Cl2N2O3S. The van der Waals surface area contributed by atoms with Crippen LogP contribution in [-0.4, -0.2) is 30.9 Å². The van der Waals surface area contributed by atoms with Crippen molar-refractivity contribution in [2.45, 2.75) is 37.6 Å². The van der Waals surface area contributed by atoms with Gasteiger partial charge in [0.25, 0.3) is 0 Å². The number of sulfonamides is 1. The molecule has 0 aliphatic carbocycles. The van der Waals surface area contributed by atoms with Crippen molar-refractivity contribution < 1.29 is 12.9 Å². The number of hydrogen-bond acceptors (Lipinski definition) is 4.